The molecule has 0 saturated carbocycles. The molecule has 1 N–H and O–H groups in total. The molecule has 150 valence electrons. The van der Waals surface area contributed by atoms with Crippen molar-refractivity contribution in [3.63, 3.8) is 0 Å². The van der Waals surface area contributed by atoms with Crippen LogP contribution in [0.1, 0.15) is 15.9 Å². The standard InChI is InChI=1S/C23H25N3O3/c1-17-6-8-18(9-7-17)21-16-25-23(29-21)20-5-3-2-4-19(20)22(27)24-10-11-26-12-14-28-15-13-26/h2-9,16H,10-15H2,1H3,(H,24,27). The fourth-order valence-corrected chi connectivity index (χ4v) is 3.37. The summed E-state index contributed by atoms with van der Waals surface area (Å²) in [7, 11) is 0. The Labute approximate surface area is 170 Å². The molecular weight excluding hydrogens is 366 g/mol. The van der Waals surface area contributed by atoms with E-state index in [2.05, 4.69) is 15.2 Å². The van der Waals surface area contributed by atoms with E-state index in [1.807, 2.05) is 49.4 Å². The molecule has 4 rings (SSSR count). The van der Waals surface area contributed by atoms with Crippen LogP contribution in [-0.4, -0.2) is 55.2 Å². The lowest BCUT2D eigenvalue weighted by molar-refractivity contribution is 0.0383. The maximum atomic E-state index is 12.8. The average Bonchev–Trinajstić information content (AvgIpc) is 3.25. The second-order valence-electron chi connectivity index (χ2n) is 7.15. The molecule has 0 radical (unpaired) electrons. The molecule has 1 saturated heterocycles. The van der Waals surface area contributed by atoms with Crippen molar-refractivity contribution in [3.8, 4) is 22.8 Å². The van der Waals surface area contributed by atoms with Crippen LogP contribution < -0.4 is 5.32 Å². The number of benzene rings is 2. The number of nitrogens with one attached hydrogen (secondary N) is 1. The van der Waals surface area contributed by atoms with E-state index in [9.17, 15) is 4.79 Å². The van der Waals surface area contributed by atoms with Crippen molar-refractivity contribution in [1.29, 1.82) is 0 Å². The minimum Gasteiger partial charge on any atom is -0.436 e. The van der Waals surface area contributed by atoms with Gasteiger partial charge in [-0.15, -0.1) is 0 Å². The second kappa shape index (κ2) is 9.03. The van der Waals surface area contributed by atoms with Crippen molar-refractivity contribution in [2.24, 2.45) is 0 Å². The van der Waals surface area contributed by atoms with Crippen LogP contribution >= 0.6 is 0 Å². The van der Waals surface area contributed by atoms with Gasteiger partial charge in [0, 0.05) is 37.3 Å². The summed E-state index contributed by atoms with van der Waals surface area (Å²) in [6.07, 6.45) is 1.70. The van der Waals surface area contributed by atoms with Gasteiger partial charge in [-0.2, -0.15) is 0 Å². The van der Waals surface area contributed by atoms with Gasteiger partial charge in [0.1, 0.15) is 0 Å². The van der Waals surface area contributed by atoms with Gasteiger partial charge in [0.25, 0.3) is 5.91 Å². The van der Waals surface area contributed by atoms with E-state index < -0.39 is 0 Å². The van der Waals surface area contributed by atoms with Crippen LogP contribution in [-0.2, 0) is 4.74 Å². The van der Waals surface area contributed by atoms with E-state index in [1.54, 1.807) is 12.3 Å². The Morgan fingerprint density at radius 2 is 1.86 bits per heavy atom. The van der Waals surface area contributed by atoms with Crippen LogP contribution in [0.5, 0.6) is 0 Å². The molecule has 2 heterocycles. The first-order valence-corrected chi connectivity index (χ1v) is 9.91. The van der Waals surface area contributed by atoms with E-state index in [1.165, 1.54) is 5.56 Å². The van der Waals surface area contributed by atoms with E-state index in [0.29, 0.717) is 29.3 Å². The van der Waals surface area contributed by atoms with Gasteiger partial charge in [-0.1, -0.05) is 42.0 Å². The van der Waals surface area contributed by atoms with Crippen LogP contribution in [0.3, 0.4) is 0 Å². The van der Waals surface area contributed by atoms with Crippen LogP contribution in [0.4, 0.5) is 0 Å². The molecule has 0 spiro atoms. The predicted molar refractivity (Wildman–Crippen MR) is 112 cm³/mol. The summed E-state index contributed by atoms with van der Waals surface area (Å²) in [4.78, 5) is 19.5. The highest BCUT2D eigenvalue weighted by atomic mass is 16.5. The fraction of sp³-hybridized carbons (Fsp3) is 0.304. The highest BCUT2D eigenvalue weighted by molar-refractivity contribution is 6.00. The normalized spacial score (nSPS) is 14.7. The summed E-state index contributed by atoms with van der Waals surface area (Å²) in [5.74, 6) is 1.01. The number of hydrogen-bond donors (Lipinski definition) is 1. The molecule has 2 aromatic carbocycles. The molecule has 1 fully saturated rings. The largest absolute Gasteiger partial charge is 0.436 e. The van der Waals surface area contributed by atoms with Gasteiger partial charge in [-0.3, -0.25) is 9.69 Å². The Balaban J connectivity index is 1.46. The number of rotatable bonds is 6. The molecule has 1 amide bonds. The summed E-state index contributed by atoms with van der Waals surface area (Å²) in [5.41, 5.74) is 3.40. The van der Waals surface area contributed by atoms with Crippen molar-refractivity contribution in [3.05, 3.63) is 65.9 Å². The quantitative estimate of drug-likeness (QED) is 0.698. The molecule has 0 atom stereocenters. The average molecular weight is 391 g/mol. The Hall–Kier alpha value is -2.96. The first kappa shape index (κ1) is 19.4. The van der Waals surface area contributed by atoms with Crippen molar-refractivity contribution in [2.75, 3.05) is 39.4 Å². The van der Waals surface area contributed by atoms with Crippen LogP contribution in [0.25, 0.3) is 22.8 Å². The molecule has 0 unspecified atom stereocenters. The van der Waals surface area contributed by atoms with E-state index in [0.717, 1.165) is 38.4 Å². The lowest BCUT2D eigenvalue weighted by atomic mass is 10.1. The molecule has 6 heteroatoms. The first-order valence-electron chi connectivity index (χ1n) is 9.91. The molecule has 29 heavy (non-hydrogen) atoms. The van der Waals surface area contributed by atoms with Gasteiger partial charge in [0.15, 0.2) is 5.76 Å². The summed E-state index contributed by atoms with van der Waals surface area (Å²) in [5, 5.41) is 3.01. The SMILES string of the molecule is Cc1ccc(-c2cnc(-c3ccccc3C(=O)NCCN3CCOCC3)o2)cc1. The molecule has 6 nitrogen and oxygen atoms in total. The Morgan fingerprint density at radius 1 is 1.10 bits per heavy atom. The minimum atomic E-state index is -0.121. The van der Waals surface area contributed by atoms with Gasteiger partial charge in [-0.25, -0.2) is 4.98 Å². The number of carbonyl (C=O) groups excluding carboxylic acids is 1. The number of nitrogens with zero attached hydrogens (tertiary/aromatic N) is 2. The Morgan fingerprint density at radius 3 is 2.66 bits per heavy atom. The van der Waals surface area contributed by atoms with Gasteiger partial charge >= 0.3 is 0 Å². The van der Waals surface area contributed by atoms with Gasteiger partial charge in [0.05, 0.1) is 25.0 Å². The lowest BCUT2D eigenvalue weighted by Gasteiger charge is -2.26. The molecule has 1 aliphatic rings. The maximum Gasteiger partial charge on any atom is 0.252 e. The van der Waals surface area contributed by atoms with Crippen LogP contribution in [0.2, 0.25) is 0 Å². The minimum absolute atomic E-state index is 0.121. The molecule has 0 bridgehead atoms. The Bertz CT molecular complexity index is 960. The number of ether oxygens (including phenoxy) is 1. The number of amides is 1. The molecule has 1 aromatic heterocycles. The summed E-state index contributed by atoms with van der Waals surface area (Å²) in [6.45, 7) is 6.77. The van der Waals surface area contributed by atoms with E-state index in [-0.39, 0.29) is 5.91 Å². The van der Waals surface area contributed by atoms with Crippen LogP contribution in [0.15, 0.2) is 59.1 Å². The lowest BCUT2D eigenvalue weighted by Crippen LogP contribution is -2.41. The summed E-state index contributed by atoms with van der Waals surface area (Å²) >= 11 is 0. The molecule has 0 aliphatic carbocycles. The number of hydrogen-bond acceptors (Lipinski definition) is 5. The molecule has 3 aromatic rings. The van der Waals surface area contributed by atoms with Crippen molar-refractivity contribution >= 4 is 5.91 Å². The fourth-order valence-electron chi connectivity index (χ4n) is 3.37. The van der Waals surface area contributed by atoms with E-state index in [4.69, 9.17) is 9.15 Å². The van der Waals surface area contributed by atoms with Gasteiger partial charge < -0.3 is 14.5 Å². The number of carbonyl (C=O) groups is 1. The third kappa shape index (κ3) is 4.72. The van der Waals surface area contributed by atoms with Crippen molar-refractivity contribution < 1.29 is 13.9 Å². The molecule has 1 aliphatic heterocycles. The number of aryl methyl sites for hydroxylation is 1. The zero-order valence-corrected chi connectivity index (χ0v) is 16.6. The number of oxazole rings is 1. The number of aromatic nitrogens is 1. The second-order valence-corrected chi connectivity index (χ2v) is 7.15. The van der Waals surface area contributed by atoms with Crippen molar-refractivity contribution in [1.82, 2.24) is 15.2 Å². The number of morpholine rings is 1. The van der Waals surface area contributed by atoms with Gasteiger partial charge in [-0.05, 0) is 19.1 Å². The van der Waals surface area contributed by atoms with Gasteiger partial charge in [0.2, 0.25) is 5.89 Å². The summed E-state index contributed by atoms with van der Waals surface area (Å²) < 4.78 is 11.3. The third-order valence-corrected chi connectivity index (χ3v) is 5.06. The first-order chi connectivity index (χ1) is 14.2. The predicted octanol–water partition coefficient (Wildman–Crippen LogP) is 3.38. The van der Waals surface area contributed by atoms with Crippen LogP contribution in [0, 0.1) is 6.92 Å². The maximum absolute atomic E-state index is 12.8. The monoisotopic (exact) mass is 391 g/mol. The summed E-state index contributed by atoms with van der Waals surface area (Å²) in [6, 6.07) is 15.5. The highest BCUT2D eigenvalue weighted by Crippen LogP contribution is 2.28. The third-order valence-electron chi connectivity index (χ3n) is 5.06. The van der Waals surface area contributed by atoms with E-state index >= 15 is 0 Å². The zero-order valence-electron chi connectivity index (χ0n) is 16.6. The molecular formula is C23H25N3O3. The highest BCUT2D eigenvalue weighted by Gasteiger charge is 2.17. The van der Waals surface area contributed by atoms with Crippen molar-refractivity contribution in [2.45, 2.75) is 6.92 Å². The smallest absolute Gasteiger partial charge is 0.252 e. The topological polar surface area (TPSA) is 67.6 Å². The Kier molecular flexibility index (Phi) is 6.03. The zero-order chi connectivity index (χ0) is 20.1.